The maximum absolute atomic E-state index is 11.0. The van der Waals surface area contributed by atoms with Crippen molar-refractivity contribution in [1.29, 1.82) is 0 Å². The Hall–Kier alpha value is -1.22. The molecule has 0 spiro atoms. The number of amides is 1. The number of hydrogen-bond donors (Lipinski definition) is 2. The van der Waals surface area contributed by atoms with Crippen molar-refractivity contribution in [2.24, 2.45) is 0 Å². The van der Waals surface area contributed by atoms with Crippen LogP contribution in [0, 0.1) is 0 Å². The van der Waals surface area contributed by atoms with Crippen LogP contribution in [0.2, 0.25) is 5.02 Å². The van der Waals surface area contributed by atoms with Gasteiger partial charge < -0.3 is 10.6 Å². The van der Waals surface area contributed by atoms with Gasteiger partial charge >= 0.3 is 0 Å². The molecular weight excluding hydrogens is 212 g/mol. The highest BCUT2D eigenvalue weighted by Gasteiger charge is 2.21. The summed E-state index contributed by atoms with van der Waals surface area (Å²) in [6, 6.07) is 6.02. The van der Waals surface area contributed by atoms with Crippen LogP contribution in [0.15, 0.2) is 18.2 Å². The van der Waals surface area contributed by atoms with Gasteiger partial charge in [-0.15, -0.1) is 0 Å². The van der Waals surface area contributed by atoms with Crippen molar-refractivity contribution in [2.75, 3.05) is 10.6 Å². The molecule has 4 heteroatoms. The van der Waals surface area contributed by atoms with Crippen molar-refractivity contribution in [3.05, 3.63) is 23.2 Å². The summed E-state index contributed by atoms with van der Waals surface area (Å²) in [4.78, 5) is 11.0. The van der Waals surface area contributed by atoms with Crippen molar-refractivity contribution in [1.82, 2.24) is 0 Å². The molecule has 0 unspecified atom stereocenters. The van der Waals surface area contributed by atoms with Crippen LogP contribution in [-0.4, -0.2) is 11.9 Å². The Morgan fingerprint density at radius 1 is 1.40 bits per heavy atom. The molecule has 15 heavy (non-hydrogen) atoms. The van der Waals surface area contributed by atoms with Crippen molar-refractivity contribution < 1.29 is 4.79 Å². The van der Waals surface area contributed by atoms with Crippen LogP contribution in [0.5, 0.6) is 0 Å². The lowest BCUT2D eigenvalue weighted by atomic mass is 10.2. The average molecular weight is 225 g/mol. The molecule has 1 aromatic carbocycles. The Kier molecular flexibility index (Phi) is 2.82. The summed E-state index contributed by atoms with van der Waals surface area (Å²) in [6.07, 6.45) is 2.39. The molecule has 0 radical (unpaired) electrons. The molecule has 0 heterocycles. The second-order valence-corrected chi connectivity index (χ2v) is 4.23. The molecule has 1 aliphatic rings. The van der Waals surface area contributed by atoms with Gasteiger partial charge in [0.1, 0.15) is 0 Å². The fraction of sp³-hybridized carbons (Fsp3) is 0.364. The highest BCUT2D eigenvalue weighted by atomic mass is 35.5. The zero-order valence-corrected chi connectivity index (χ0v) is 9.27. The van der Waals surface area contributed by atoms with Gasteiger partial charge in [-0.25, -0.2) is 0 Å². The third kappa shape index (κ3) is 2.86. The monoisotopic (exact) mass is 224 g/mol. The first-order valence-electron chi connectivity index (χ1n) is 4.99. The van der Waals surface area contributed by atoms with Crippen LogP contribution in [0.3, 0.4) is 0 Å². The number of nitrogens with one attached hydrogen (secondary N) is 2. The number of carbonyl (C=O) groups excluding carboxylic acids is 1. The quantitative estimate of drug-likeness (QED) is 0.829. The lowest BCUT2D eigenvalue weighted by molar-refractivity contribution is -0.114. The Morgan fingerprint density at radius 3 is 2.73 bits per heavy atom. The first-order chi connectivity index (χ1) is 7.15. The summed E-state index contributed by atoms with van der Waals surface area (Å²) in [5.41, 5.74) is 1.69. The second-order valence-electron chi connectivity index (χ2n) is 3.79. The number of benzene rings is 1. The van der Waals surface area contributed by atoms with Gasteiger partial charge in [0, 0.05) is 18.0 Å². The van der Waals surface area contributed by atoms with E-state index in [9.17, 15) is 4.79 Å². The first kappa shape index (κ1) is 10.3. The van der Waals surface area contributed by atoms with Gasteiger partial charge in [0.25, 0.3) is 0 Å². The summed E-state index contributed by atoms with van der Waals surface area (Å²) >= 11 is 5.87. The minimum absolute atomic E-state index is 0.0869. The standard InChI is InChI=1S/C11H13ClN2O/c1-7(15)13-11-6-8(12)2-5-10(11)14-9-3-4-9/h2,5-6,9,14H,3-4H2,1H3,(H,13,15). The molecule has 2 N–H and O–H groups in total. The van der Waals surface area contributed by atoms with E-state index in [1.54, 1.807) is 6.07 Å². The summed E-state index contributed by atoms with van der Waals surface area (Å²) in [5, 5.41) is 6.73. The van der Waals surface area contributed by atoms with E-state index < -0.39 is 0 Å². The molecular formula is C11H13ClN2O. The van der Waals surface area contributed by atoms with Crippen molar-refractivity contribution in [3.8, 4) is 0 Å². The third-order valence-electron chi connectivity index (χ3n) is 2.23. The molecule has 0 aromatic heterocycles. The molecule has 0 saturated heterocycles. The Labute approximate surface area is 93.8 Å². The number of hydrogen-bond acceptors (Lipinski definition) is 2. The van der Waals surface area contributed by atoms with E-state index in [1.807, 2.05) is 12.1 Å². The molecule has 1 saturated carbocycles. The Morgan fingerprint density at radius 2 is 2.13 bits per heavy atom. The molecule has 1 fully saturated rings. The van der Waals surface area contributed by atoms with Crippen LogP contribution in [0.4, 0.5) is 11.4 Å². The van der Waals surface area contributed by atoms with E-state index in [0.29, 0.717) is 11.1 Å². The Bertz CT molecular complexity index is 388. The fourth-order valence-corrected chi connectivity index (χ4v) is 1.56. The van der Waals surface area contributed by atoms with Crippen LogP contribution in [-0.2, 0) is 4.79 Å². The van der Waals surface area contributed by atoms with Crippen molar-refractivity contribution in [3.63, 3.8) is 0 Å². The Balaban J connectivity index is 2.21. The topological polar surface area (TPSA) is 41.1 Å². The zero-order valence-electron chi connectivity index (χ0n) is 8.51. The number of halogens is 1. The molecule has 1 aliphatic carbocycles. The number of anilines is 2. The van der Waals surface area contributed by atoms with Crippen molar-refractivity contribution >= 4 is 28.9 Å². The first-order valence-corrected chi connectivity index (χ1v) is 5.36. The number of rotatable bonds is 3. The minimum atomic E-state index is -0.0869. The van der Waals surface area contributed by atoms with Gasteiger partial charge in [-0.05, 0) is 31.0 Å². The van der Waals surface area contributed by atoms with Crippen LogP contribution in [0.25, 0.3) is 0 Å². The normalized spacial score (nSPS) is 14.8. The highest BCUT2D eigenvalue weighted by molar-refractivity contribution is 6.31. The van der Waals surface area contributed by atoms with Gasteiger partial charge in [-0.3, -0.25) is 4.79 Å². The molecule has 2 rings (SSSR count). The lowest BCUT2D eigenvalue weighted by Crippen LogP contribution is -2.10. The second kappa shape index (κ2) is 4.11. The molecule has 0 atom stereocenters. The van der Waals surface area contributed by atoms with Crippen molar-refractivity contribution in [2.45, 2.75) is 25.8 Å². The van der Waals surface area contributed by atoms with Gasteiger partial charge in [-0.1, -0.05) is 11.6 Å². The summed E-state index contributed by atoms with van der Waals surface area (Å²) in [6.45, 7) is 1.49. The van der Waals surface area contributed by atoms with E-state index in [-0.39, 0.29) is 5.91 Å². The smallest absolute Gasteiger partial charge is 0.221 e. The molecule has 80 valence electrons. The highest BCUT2D eigenvalue weighted by Crippen LogP contribution is 2.31. The fourth-order valence-electron chi connectivity index (χ4n) is 1.38. The molecule has 3 nitrogen and oxygen atoms in total. The van der Waals surface area contributed by atoms with Gasteiger partial charge in [0.05, 0.1) is 11.4 Å². The molecule has 1 aromatic rings. The maximum Gasteiger partial charge on any atom is 0.221 e. The van der Waals surface area contributed by atoms with E-state index in [4.69, 9.17) is 11.6 Å². The van der Waals surface area contributed by atoms with Gasteiger partial charge in [-0.2, -0.15) is 0 Å². The zero-order chi connectivity index (χ0) is 10.8. The SMILES string of the molecule is CC(=O)Nc1cc(Cl)ccc1NC1CC1. The largest absolute Gasteiger partial charge is 0.381 e. The summed E-state index contributed by atoms with van der Waals surface area (Å²) in [7, 11) is 0. The molecule has 0 aliphatic heterocycles. The molecule has 0 bridgehead atoms. The summed E-state index contributed by atoms with van der Waals surface area (Å²) < 4.78 is 0. The minimum Gasteiger partial charge on any atom is -0.381 e. The van der Waals surface area contributed by atoms with Crippen LogP contribution >= 0.6 is 11.6 Å². The molecule has 1 amide bonds. The van der Waals surface area contributed by atoms with E-state index in [0.717, 1.165) is 11.4 Å². The van der Waals surface area contributed by atoms with Gasteiger partial charge in [0.15, 0.2) is 0 Å². The third-order valence-corrected chi connectivity index (χ3v) is 2.46. The lowest BCUT2D eigenvalue weighted by Gasteiger charge is -2.11. The van der Waals surface area contributed by atoms with E-state index in [2.05, 4.69) is 10.6 Å². The van der Waals surface area contributed by atoms with E-state index >= 15 is 0 Å². The van der Waals surface area contributed by atoms with Crippen LogP contribution in [0.1, 0.15) is 19.8 Å². The van der Waals surface area contributed by atoms with Gasteiger partial charge in [0.2, 0.25) is 5.91 Å². The predicted molar refractivity (Wildman–Crippen MR) is 62.4 cm³/mol. The maximum atomic E-state index is 11.0. The van der Waals surface area contributed by atoms with E-state index in [1.165, 1.54) is 19.8 Å². The number of carbonyl (C=O) groups is 1. The predicted octanol–water partition coefficient (Wildman–Crippen LogP) is 2.87. The van der Waals surface area contributed by atoms with Crippen LogP contribution < -0.4 is 10.6 Å². The summed E-state index contributed by atoms with van der Waals surface area (Å²) in [5.74, 6) is -0.0869. The average Bonchev–Trinajstić information content (AvgIpc) is 2.92.